The molecule has 0 radical (unpaired) electrons. The standard InChI is InChI=1S/C8H10N6O2/c1-4-11-7(13-9)5-2-10-14(3-6(15)16)8(5)12-4/h2H,3,9H2,1H3,(H,15,16)(H,11,12,13). The molecule has 8 nitrogen and oxygen atoms in total. The Morgan fingerprint density at radius 1 is 1.62 bits per heavy atom. The van der Waals surface area contributed by atoms with Crippen molar-refractivity contribution in [2.75, 3.05) is 5.43 Å². The highest BCUT2D eigenvalue weighted by molar-refractivity contribution is 5.86. The largest absolute Gasteiger partial charge is 0.480 e. The van der Waals surface area contributed by atoms with Crippen LogP contribution in [0.4, 0.5) is 5.82 Å². The second kappa shape index (κ2) is 3.74. The predicted molar refractivity (Wildman–Crippen MR) is 55.5 cm³/mol. The molecule has 0 amide bonds. The molecule has 0 spiro atoms. The summed E-state index contributed by atoms with van der Waals surface area (Å²) in [5.41, 5.74) is 2.87. The van der Waals surface area contributed by atoms with Crippen molar-refractivity contribution in [3.05, 3.63) is 12.0 Å². The van der Waals surface area contributed by atoms with Gasteiger partial charge in [0.25, 0.3) is 0 Å². The van der Waals surface area contributed by atoms with Crippen LogP contribution < -0.4 is 11.3 Å². The number of nitrogens with one attached hydrogen (secondary N) is 1. The summed E-state index contributed by atoms with van der Waals surface area (Å²) in [5.74, 6) is 5.24. The van der Waals surface area contributed by atoms with Crippen LogP contribution in [0.15, 0.2) is 6.20 Å². The second-order valence-electron chi connectivity index (χ2n) is 3.20. The summed E-state index contributed by atoms with van der Waals surface area (Å²) in [6.07, 6.45) is 1.48. The Labute approximate surface area is 90.1 Å². The molecule has 2 aromatic heterocycles. The van der Waals surface area contributed by atoms with E-state index in [1.165, 1.54) is 10.9 Å². The molecule has 2 rings (SSSR count). The number of hydrogen-bond acceptors (Lipinski definition) is 6. The number of anilines is 1. The van der Waals surface area contributed by atoms with Gasteiger partial charge in [-0.2, -0.15) is 5.10 Å². The van der Waals surface area contributed by atoms with E-state index in [2.05, 4.69) is 20.5 Å². The topological polar surface area (TPSA) is 119 Å². The van der Waals surface area contributed by atoms with E-state index in [0.29, 0.717) is 22.7 Å². The molecule has 8 heteroatoms. The fourth-order valence-electron chi connectivity index (χ4n) is 1.42. The summed E-state index contributed by atoms with van der Waals surface area (Å²) in [4.78, 5) is 18.8. The van der Waals surface area contributed by atoms with Crippen LogP contribution in [0.1, 0.15) is 5.82 Å². The molecular weight excluding hydrogens is 212 g/mol. The molecule has 0 saturated carbocycles. The SMILES string of the molecule is Cc1nc(NN)c2cnn(CC(=O)O)c2n1. The van der Waals surface area contributed by atoms with Gasteiger partial charge in [-0.3, -0.25) is 4.79 Å². The van der Waals surface area contributed by atoms with Gasteiger partial charge in [0.2, 0.25) is 0 Å². The molecule has 0 aliphatic rings. The van der Waals surface area contributed by atoms with E-state index in [-0.39, 0.29) is 6.54 Å². The highest BCUT2D eigenvalue weighted by atomic mass is 16.4. The predicted octanol–water partition coefficient (Wildman–Crippen LogP) is -0.495. The lowest BCUT2D eigenvalue weighted by Crippen LogP contribution is -2.12. The van der Waals surface area contributed by atoms with Crippen molar-refractivity contribution >= 4 is 22.8 Å². The number of nitrogens with zero attached hydrogens (tertiary/aromatic N) is 4. The summed E-state index contributed by atoms with van der Waals surface area (Å²) in [7, 11) is 0. The minimum atomic E-state index is -0.983. The van der Waals surface area contributed by atoms with Gasteiger partial charge in [0.15, 0.2) is 11.5 Å². The van der Waals surface area contributed by atoms with Gasteiger partial charge in [0.05, 0.1) is 11.6 Å². The first-order valence-electron chi connectivity index (χ1n) is 4.50. The maximum Gasteiger partial charge on any atom is 0.325 e. The number of aliphatic carboxylic acids is 1. The van der Waals surface area contributed by atoms with Crippen LogP contribution in [-0.4, -0.2) is 30.8 Å². The summed E-state index contributed by atoms with van der Waals surface area (Å²) in [6.45, 7) is 1.45. The van der Waals surface area contributed by atoms with Gasteiger partial charge in [-0.25, -0.2) is 20.5 Å². The van der Waals surface area contributed by atoms with Gasteiger partial charge in [0.1, 0.15) is 12.4 Å². The Bertz CT molecular complexity index is 549. The van der Waals surface area contributed by atoms with E-state index < -0.39 is 5.97 Å². The molecule has 0 bridgehead atoms. The zero-order valence-electron chi connectivity index (χ0n) is 8.51. The number of rotatable bonds is 3. The molecule has 0 aliphatic carbocycles. The molecule has 0 unspecified atom stereocenters. The fourth-order valence-corrected chi connectivity index (χ4v) is 1.42. The Hall–Kier alpha value is -2.22. The average molecular weight is 222 g/mol. The summed E-state index contributed by atoms with van der Waals surface area (Å²) < 4.78 is 1.28. The van der Waals surface area contributed by atoms with Crippen molar-refractivity contribution in [3.63, 3.8) is 0 Å². The zero-order chi connectivity index (χ0) is 11.7. The van der Waals surface area contributed by atoms with E-state index in [9.17, 15) is 4.79 Å². The lowest BCUT2D eigenvalue weighted by atomic mass is 10.4. The third kappa shape index (κ3) is 1.65. The average Bonchev–Trinajstić information content (AvgIpc) is 2.59. The van der Waals surface area contributed by atoms with Crippen LogP contribution in [0.25, 0.3) is 11.0 Å². The molecule has 16 heavy (non-hydrogen) atoms. The number of carboxylic acid groups (broad SMARTS) is 1. The minimum absolute atomic E-state index is 0.246. The van der Waals surface area contributed by atoms with E-state index >= 15 is 0 Å². The van der Waals surface area contributed by atoms with Crippen LogP contribution in [0.3, 0.4) is 0 Å². The third-order valence-corrected chi connectivity index (χ3v) is 2.03. The molecule has 0 saturated heterocycles. The number of nitrogens with two attached hydrogens (primary N) is 1. The van der Waals surface area contributed by atoms with E-state index in [4.69, 9.17) is 10.9 Å². The quantitative estimate of drug-likeness (QED) is 0.473. The van der Waals surface area contributed by atoms with Crippen LogP contribution in [0, 0.1) is 6.92 Å². The van der Waals surface area contributed by atoms with Crippen molar-refractivity contribution < 1.29 is 9.90 Å². The van der Waals surface area contributed by atoms with Gasteiger partial charge in [0, 0.05) is 0 Å². The molecular formula is C8H10N6O2. The van der Waals surface area contributed by atoms with Gasteiger partial charge in [-0.1, -0.05) is 0 Å². The summed E-state index contributed by atoms with van der Waals surface area (Å²) >= 11 is 0. The lowest BCUT2D eigenvalue weighted by molar-refractivity contribution is -0.137. The van der Waals surface area contributed by atoms with Crippen LogP contribution >= 0.6 is 0 Å². The maximum atomic E-state index is 10.6. The van der Waals surface area contributed by atoms with Gasteiger partial charge in [-0.05, 0) is 6.92 Å². The first kappa shape index (κ1) is 10.3. The van der Waals surface area contributed by atoms with Crippen molar-refractivity contribution in [1.82, 2.24) is 19.7 Å². The van der Waals surface area contributed by atoms with Crippen LogP contribution in [-0.2, 0) is 11.3 Å². The molecule has 0 aromatic carbocycles. The number of nitrogen functional groups attached to an aromatic ring is 1. The molecule has 2 aromatic rings. The highest BCUT2D eigenvalue weighted by Crippen LogP contribution is 2.18. The van der Waals surface area contributed by atoms with Crippen LogP contribution in [0.2, 0.25) is 0 Å². The van der Waals surface area contributed by atoms with Gasteiger partial charge in [-0.15, -0.1) is 0 Å². The van der Waals surface area contributed by atoms with Crippen molar-refractivity contribution in [2.24, 2.45) is 5.84 Å². The number of hydrogen-bond donors (Lipinski definition) is 3. The molecule has 0 fully saturated rings. The van der Waals surface area contributed by atoms with Crippen molar-refractivity contribution in [2.45, 2.75) is 13.5 Å². The molecule has 2 heterocycles. The highest BCUT2D eigenvalue weighted by Gasteiger charge is 2.12. The Balaban J connectivity index is 2.62. The normalized spacial score (nSPS) is 10.6. The van der Waals surface area contributed by atoms with Crippen molar-refractivity contribution in [1.29, 1.82) is 0 Å². The number of aryl methyl sites for hydroxylation is 1. The number of aromatic nitrogens is 4. The van der Waals surface area contributed by atoms with E-state index in [0.717, 1.165) is 0 Å². The number of carboxylic acids is 1. The minimum Gasteiger partial charge on any atom is -0.480 e. The lowest BCUT2D eigenvalue weighted by Gasteiger charge is -2.03. The summed E-state index contributed by atoms with van der Waals surface area (Å²) in [5, 5.41) is 13.2. The van der Waals surface area contributed by atoms with Gasteiger partial charge < -0.3 is 10.5 Å². The number of carbonyl (C=O) groups is 1. The molecule has 4 N–H and O–H groups in total. The fraction of sp³-hybridized carbons (Fsp3) is 0.250. The number of fused-ring (bicyclic) bond motifs is 1. The Kier molecular flexibility index (Phi) is 2.41. The Morgan fingerprint density at radius 2 is 2.38 bits per heavy atom. The smallest absolute Gasteiger partial charge is 0.325 e. The molecule has 0 aliphatic heterocycles. The first-order chi connectivity index (χ1) is 7.61. The van der Waals surface area contributed by atoms with E-state index in [1.54, 1.807) is 6.92 Å². The molecule has 84 valence electrons. The van der Waals surface area contributed by atoms with E-state index in [1.807, 2.05) is 0 Å². The number of hydrazine groups is 1. The molecule has 0 atom stereocenters. The van der Waals surface area contributed by atoms with Gasteiger partial charge >= 0.3 is 5.97 Å². The maximum absolute atomic E-state index is 10.6. The van der Waals surface area contributed by atoms with Crippen molar-refractivity contribution in [3.8, 4) is 0 Å². The van der Waals surface area contributed by atoms with Crippen LogP contribution in [0.5, 0.6) is 0 Å². The zero-order valence-corrected chi connectivity index (χ0v) is 8.51. The third-order valence-electron chi connectivity index (χ3n) is 2.03. The first-order valence-corrected chi connectivity index (χ1v) is 4.50. The second-order valence-corrected chi connectivity index (χ2v) is 3.20. The monoisotopic (exact) mass is 222 g/mol. The Morgan fingerprint density at radius 3 is 3.00 bits per heavy atom. The summed E-state index contributed by atoms with van der Waals surface area (Å²) in [6, 6.07) is 0.